The van der Waals surface area contributed by atoms with Gasteiger partial charge in [-0.15, -0.1) is 0 Å². The summed E-state index contributed by atoms with van der Waals surface area (Å²) >= 11 is 0. The van der Waals surface area contributed by atoms with E-state index in [1.807, 2.05) is 6.20 Å². The van der Waals surface area contributed by atoms with Crippen LogP contribution in [0.15, 0.2) is 12.3 Å². The van der Waals surface area contributed by atoms with Crippen LogP contribution in [0.2, 0.25) is 0 Å². The molecule has 0 aliphatic carbocycles. The average molecular weight is 226 g/mol. The summed E-state index contributed by atoms with van der Waals surface area (Å²) in [4.78, 5) is 11.4. The van der Waals surface area contributed by atoms with Crippen LogP contribution in [0.3, 0.4) is 0 Å². The second-order valence-corrected chi connectivity index (χ2v) is 4.32. The number of nitrogens with zero attached hydrogens (tertiary/aromatic N) is 1. The standard InChI is InChI=1S/C11H18N2O3/c1-11(12,7-14)5-8-4-9(10(15)16-3)13(2)6-8/h4,6,14H,5,7,12H2,1-3H3. The van der Waals surface area contributed by atoms with E-state index < -0.39 is 5.54 Å². The van der Waals surface area contributed by atoms with Crippen LogP contribution in [-0.4, -0.2) is 34.9 Å². The number of aliphatic hydroxyl groups excluding tert-OH is 1. The Morgan fingerprint density at radius 1 is 1.69 bits per heavy atom. The van der Waals surface area contributed by atoms with E-state index in [9.17, 15) is 4.79 Å². The van der Waals surface area contributed by atoms with Crippen molar-refractivity contribution in [3.05, 3.63) is 23.5 Å². The van der Waals surface area contributed by atoms with Crippen molar-refractivity contribution in [1.82, 2.24) is 4.57 Å². The number of hydrogen-bond acceptors (Lipinski definition) is 4. The Bertz CT molecular complexity index is 383. The predicted octanol–water partition coefficient (Wildman–Crippen LogP) is 0.0639. The van der Waals surface area contributed by atoms with Crippen LogP contribution in [0.4, 0.5) is 0 Å². The topological polar surface area (TPSA) is 77.5 Å². The Balaban J connectivity index is 2.89. The molecule has 90 valence electrons. The van der Waals surface area contributed by atoms with Gasteiger partial charge in [-0.25, -0.2) is 4.79 Å². The lowest BCUT2D eigenvalue weighted by molar-refractivity contribution is 0.0590. The van der Waals surface area contributed by atoms with E-state index in [4.69, 9.17) is 10.8 Å². The molecule has 0 saturated heterocycles. The largest absolute Gasteiger partial charge is 0.464 e. The molecule has 0 amide bonds. The van der Waals surface area contributed by atoms with Crippen LogP contribution >= 0.6 is 0 Å². The van der Waals surface area contributed by atoms with Crippen LogP contribution in [0.5, 0.6) is 0 Å². The highest BCUT2D eigenvalue weighted by atomic mass is 16.5. The van der Waals surface area contributed by atoms with Crippen LogP contribution in [-0.2, 0) is 18.2 Å². The Hall–Kier alpha value is -1.33. The molecule has 3 N–H and O–H groups in total. The van der Waals surface area contributed by atoms with E-state index in [1.165, 1.54) is 7.11 Å². The number of aliphatic hydroxyl groups is 1. The molecule has 0 bridgehead atoms. The minimum atomic E-state index is -0.672. The normalized spacial score (nSPS) is 14.6. The highest BCUT2D eigenvalue weighted by Crippen LogP contribution is 2.14. The number of rotatable bonds is 4. The fourth-order valence-electron chi connectivity index (χ4n) is 1.56. The van der Waals surface area contributed by atoms with Crippen LogP contribution < -0.4 is 5.73 Å². The molecule has 0 saturated carbocycles. The maximum atomic E-state index is 11.4. The molecule has 5 heteroatoms. The van der Waals surface area contributed by atoms with Gasteiger partial charge in [-0.2, -0.15) is 0 Å². The molecule has 1 unspecified atom stereocenters. The Morgan fingerprint density at radius 3 is 2.81 bits per heavy atom. The molecule has 0 radical (unpaired) electrons. The van der Waals surface area contributed by atoms with Crippen molar-refractivity contribution in [2.45, 2.75) is 18.9 Å². The van der Waals surface area contributed by atoms with Gasteiger partial charge in [0, 0.05) is 18.8 Å². The smallest absolute Gasteiger partial charge is 0.354 e. The van der Waals surface area contributed by atoms with Crippen LogP contribution in [0, 0.1) is 0 Å². The van der Waals surface area contributed by atoms with E-state index in [1.54, 1.807) is 24.6 Å². The van der Waals surface area contributed by atoms with Crippen molar-refractivity contribution in [3.63, 3.8) is 0 Å². The molecule has 1 aromatic heterocycles. The van der Waals surface area contributed by atoms with Crippen LogP contribution in [0.1, 0.15) is 23.0 Å². The summed E-state index contributed by atoms with van der Waals surface area (Å²) in [5.41, 5.74) is 6.55. The van der Waals surface area contributed by atoms with Gasteiger partial charge in [-0.3, -0.25) is 0 Å². The lowest BCUT2D eigenvalue weighted by Gasteiger charge is -2.20. The summed E-state index contributed by atoms with van der Waals surface area (Å²) in [7, 11) is 3.11. The zero-order chi connectivity index (χ0) is 12.3. The Kier molecular flexibility index (Phi) is 3.72. The predicted molar refractivity (Wildman–Crippen MR) is 60.1 cm³/mol. The first-order valence-electron chi connectivity index (χ1n) is 5.03. The quantitative estimate of drug-likeness (QED) is 0.712. The molecule has 1 aromatic rings. The maximum absolute atomic E-state index is 11.4. The minimum Gasteiger partial charge on any atom is -0.464 e. The summed E-state index contributed by atoms with van der Waals surface area (Å²) < 4.78 is 6.34. The summed E-state index contributed by atoms with van der Waals surface area (Å²) in [5, 5.41) is 9.06. The Morgan fingerprint density at radius 2 is 2.31 bits per heavy atom. The zero-order valence-electron chi connectivity index (χ0n) is 9.86. The average Bonchev–Trinajstić information content (AvgIpc) is 2.57. The second kappa shape index (κ2) is 4.67. The van der Waals surface area contributed by atoms with Gasteiger partial charge in [0.25, 0.3) is 0 Å². The number of aromatic nitrogens is 1. The third-order valence-electron chi connectivity index (χ3n) is 2.43. The zero-order valence-corrected chi connectivity index (χ0v) is 9.86. The van der Waals surface area contributed by atoms with Gasteiger partial charge in [0.05, 0.1) is 13.7 Å². The lowest BCUT2D eigenvalue weighted by Crippen LogP contribution is -2.42. The molecule has 0 aromatic carbocycles. The van der Waals surface area contributed by atoms with Crippen molar-refractivity contribution in [2.75, 3.05) is 13.7 Å². The van der Waals surface area contributed by atoms with Gasteiger partial charge in [-0.05, 0) is 25.0 Å². The number of ether oxygens (including phenoxy) is 1. The summed E-state index contributed by atoms with van der Waals surface area (Å²) in [5.74, 6) is -0.378. The molecule has 0 spiro atoms. The summed E-state index contributed by atoms with van der Waals surface area (Å²) in [6.07, 6.45) is 2.32. The monoisotopic (exact) mass is 226 g/mol. The molecule has 5 nitrogen and oxygen atoms in total. The van der Waals surface area contributed by atoms with Gasteiger partial charge >= 0.3 is 5.97 Å². The molecule has 1 rings (SSSR count). The fraction of sp³-hybridized carbons (Fsp3) is 0.545. The Labute approximate surface area is 94.8 Å². The molecular formula is C11H18N2O3. The number of hydrogen-bond donors (Lipinski definition) is 2. The number of aryl methyl sites for hydroxylation is 1. The van der Waals surface area contributed by atoms with E-state index in [0.29, 0.717) is 12.1 Å². The van der Waals surface area contributed by atoms with E-state index in [2.05, 4.69) is 4.74 Å². The van der Waals surface area contributed by atoms with Crippen molar-refractivity contribution in [3.8, 4) is 0 Å². The number of methoxy groups -OCH3 is 1. The summed E-state index contributed by atoms with van der Waals surface area (Å²) in [6, 6.07) is 1.73. The molecule has 16 heavy (non-hydrogen) atoms. The number of carbonyl (C=O) groups is 1. The fourth-order valence-corrected chi connectivity index (χ4v) is 1.56. The lowest BCUT2D eigenvalue weighted by atomic mass is 9.96. The van der Waals surface area contributed by atoms with Crippen molar-refractivity contribution >= 4 is 5.97 Å². The first-order valence-corrected chi connectivity index (χ1v) is 5.03. The molecule has 1 heterocycles. The molecule has 0 aliphatic rings. The van der Waals surface area contributed by atoms with Gasteiger partial charge in [-0.1, -0.05) is 0 Å². The molecule has 0 fully saturated rings. The van der Waals surface area contributed by atoms with Crippen molar-refractivity contribution in [1.29, 1.82) is 0 Å². The molecule has 1 atom stereocenters. The first-order chi connectivity index (χ1) is 7.39. The third kappa shape index (κ3) is 2.84. The van der Waals surface area contributed by atoms with Crippen molar-refractivity contribution in [2.24, 2.45) is 12.8 Å². The number of carbonyl (C=O) groups excluding carboxylic acids is 1. The van der Waals surface area contributed by atoms with E-state index in [0.717, 1.165) is 5.56 Å². The van der Waals surface area contributed by atoms with Gasteiger partial charge in [0.2, 0.25) is 0 Å². The van der Waals surface area contributed by atoms with Gasteiger partial charge < -0.3 is 20.1 Å². The van der Waals surface area contributed by atoms with Gasteiger partial charge in [0.1, 0.15) is 5.69 Å². The highest BCUT2D eigenvalue weighted by Gasteiger charge is 2.20. The van der Waals surface area contributed by atoms with Crippen molar-refractivity contribution < 1.29 is 14.6 Å². The molecular weight excluding hydrogens is 208 g/mol. The van der Waals surface area contributed by atoms with Crippen LogP contribution in [0.25, 0.3) is 0 Å². The van der Waals surface area contributed by atoms with E-state index in [-0.39, 0.29) is 12.6 Å². The minimum absolute atomic E-state index is 0.102. The van der Waals surface area contributed by atoms with E-state index >= 15 is 0 Å². The first kappa shape index (κ1) is 12.7. The summed E-state index contributed by atoms with van der Waals surface area (Å²) in [6.45, 7) is 1.66. The molecule has 0 aliphatic heterocycles. The maximum Gasteiger partial charge on any atom is 0.354 e. The van der Waals surface area contributed by atoms with Gasteiger partial charge in [0.15, 0.2) is 0 Å². The number of nitrogens with two attached hydrogens (primary N) is 1. The third-order valence-corrected chi connectivity index (χ3v) is 2.43. The number of esters is 1. The SMILES string of the molecule is COC(=O)c1cc(CC(C)(N)CO)cn1C. The highest BCUT2D eigenvalue weighted by molar-refractivity contribution is 5.87. The second-order valence-electron chi connectivity index (χ2n) is 4.32.